The molecule has 4 rings (SSSR count). The summed E-state index contributed by atoms with van der Waals surface area (Å²) >= 11 is 0. The van der Waals surface area contributed by atoms with E-state index in [0.29, 0.717) is 5.92 Å². The van der Waals surface area contributed by atoms with Crippen LogP contribution in [-0.2, 0) is 6.42 Å². The largest absolute Gasteiger partial charge is 0.392 e. The van der Waals surface area contributed by atoms with Gasteiger partial charge in [-0.15, -0.1) is 0 Å². The Hall–Kier alpha value is -1.67. The molecule has 2 aromatic rings. The van der Waals surface area contributed by atoms with E-state index in [1.54, 1.807) is 0 Å². The van der Waals surface area contributed by atoms with Crippen molar-refractivity contribution in [3.63, 3.8) is 0 Å². The third-order valence-corrected chi connectivity index (χ3v) is 4.89. The number of aliphatic hydroxyl groups excluding tert-OH is 1. The second kappa shape index (κ2) is 4.42. The van der Waals surface area contributed by atoms with Gasteiger partial charge in [-0.05, 0) is 70.9 Å². The zero-order valence-electron chi connectivity index (χ0n) is 11.8. The van der Waals surface area contributed by atoms with E-state index in [9.17, 15) is 5.11 Å². The Bertz CT molecular complexity index is 730. The van der Waals surface area contributed by atoms with E-state index in [4.69, 9.17) is 0 Å². The van der Waals surface area contributed by atoms with Crippen LogP contribution < -0.4 is 0 Å². The number of rotatable bonds is 2. The molecule has 0 radical (unpaired) electrons. The van der Waals surface area contributed by atoms with Crippen molar-refractivity contribution in [2.24, 2.45) is 0 Å². The first-order chi connectivity index (χ1) is 9.78. The number of benzene rings is 1. The minimum Gasteiger partial charge on any atom is -0.392 e. The molecule has 2 heteroatoms. The van der Waals surface area contributed by atoms with Gasteiger partial charge in [-0.2, -0.15) is 0 Å². The lowest BCUT2D eigenvalue weighted by Gasteiger charge is -2.09. The van der Waals surface area contributed by atoms with Gasteiger partial charge in [0.05, 0.1) is 6.61 Å². The average Bonchev–Trinajstić information content (AvgIpc) is 3.05. The number of nitrogens with zero attached hydrogens (tertiary/aromatic N) is 1. The van der Waals surface area contributed by atoms with Gasteiger partial charge in [0.25, 0.3) is 0 Å². The van der Waals surface area contributed by atoms with Gasteiger partial charge in [0.2, 0.25) is 0 Å². The molecule has 102 valence electrons. The highest BCUT2D eigenvalue weighted by molar-refractivity contribution is 5.93. The van der Waals surface area contributed by atoms with Crippen LogP contribution in [0.2, 0.25) is 0 Å². The highest BCUT2D eigenvalue weighted by Gasteiger charge is 2.23. The normalized spacial score (nSPS) is 21.2. The van der Waals surface area contributed by atoms with Crippen molar-refractivity contribution in [1.29, 1.82) is 0 Å². The molecule has 2 aliphatic rings. The first-order valence-corrected chi connectivity index (χ1v) is 7.50. The molecule has 0 aliphatic heterocycles. The molecule has 1 aromatic carbocycles. The Morgan fingerprint density at radius 1 is 1.25 bits per heavy atom. The van der Waals surface area contributed by atoms with Crippen molar-refractivity contribution in [2.45, 2.75) is 38.5 Å². The van der Waals surface area contributed by atoms with E-state index in [1.807, 2.05) is 12.4 Å². The summed E-state index contributed by atoms with van der Waals surface area (Å²) in [6.45, 7) is 2.49. The zero-order valence-corrected chi connectivity index (χ0v) is 11.8. The Kier molecular flexibility index (Phi) is 2.67. The van der Waals surface area contributed by atoms with Crippen LogP contribution in [0.3, 0.4) is 0 Å². The standard InChI is InChI=1S/C18H19NO/c1-11-5-14-6-13(16-4-2-3-12(16)10-20)7-15-8-19-9-17(11)18(14)15/h6-9,11,20H,2-5,10H2,1H3. The predicted molar refractivity (Wildman–Crippen MR) is 81.7 cm³/mol. The van der Waals surface area contributed by atoms with Crippen LogP contribution in [0.25, 0.3) is 16.3 Å². The first kappa shape index (κ1) is 12.1. The fraction of sp³-hybridized carbons (Fsp3) is 0.389. The molecule has 0 bridgehead atoms. The van der Waals surface area contributed by atoms with Crippen LogP contribution in [-0.4, -0.2) is 16.7 Å². The SMILES string of the molecule is CC1Cc2cc(C3=C(CO)CCC3)cc3cncc1c23. The van der Waals surface area contributed by atoms with Crippen LogP contribution in [0.15, 0.2) is 30.1 Å². The molecule has 1 unspecified atom stereocenters. The van der Waals surface area contributed by atoms with Crippen molar-refractivity contribution in [3.05, 3.63) is 46.8 Å². The van der Waals surface area contributed by atoms with Crippen molar-refractivity contribution in [1.82, 2.24) is 4.98 Å². The van der Waals surface area contributed by atoms with E-state index in [0.717, 1.165) is 19.3 Å². The maximum Gasteiger partial charge on any atom is 0.0647 e. The van der Waals surface area contributed by atoms with E-state index in [-0.39, 0.29) is 6.61 Å². The lowest BCUT2D eigenvalue weighted by molar-refractivity contribution is 0.329. The van der Waals surface area contributed by atoms with Crippen LogP contribution >= 0.6 is 0 Å². The summed E-state index contributed by atoms with van der Waals surface area (Å²) in [6.07, 6.45) is 8.45. The van der Waals surface area contributed by atoms with Gasteiger partial charge in [-0.1, -0.05) is 13.0 Å². The number of allylic oxidation sites excluding steroid dienone is 1. The molecule has 1 aromatic heterocycles. The summed E-state index contributed by atoms with van der Waals surface area (Å²) in [7, 11) is 0. The molecule has 1 atom stereocenters. The van der Waals surface area contributed by atoms with Crippen molar-refractivity contribution in [3.8, 4) is 0 Å². The lowest BCUT2D eigenvalue weighted by Crippen LogP contribution is -1.92. The Labute approximate surface area is 119 Å². The van der Waals surface area contributed by atoms with E-state index in [2.05, 4.69) is 24.0 Å². The highest BCUT2D eigenvalue weighted by Crippen LogP contribution is 2.41. The summed E-state index contributed by atoms with van der Waals surface area (Å²) in [5.41, 5.74) is 6.76. The number of aromatic nitrogens is 1. The van der Waals surface area contributed by atoms with Gasteiger partial charge in [-0.3, -0.25) is 4.98 Å². The van der Waals surface area contributed by atoms with Gasteiger partial charge in [0.15, 0.2) is 0 Å². The third kappa shape index (κ3) is 1.64. The number of aliphatic hydroxyl groups is 1. The fourth-order valence-electron chi connectivity index (χ4n) is 3.92. The van der Waals surface area contributed by atoms with E-state index < -0.39 is 0 Å². The maximum atomic E-state index is 9.52. The molecule has 1 N–H and O–H groups in total. The zero-order chi connectivity index (χ0) is 13.7. The predicted octanol–water partition coefficient (Wildman–Crippen LogP) is 3.82. The van der Waals surface area contributed by atoms with Gasteiger partial charge < -0.3 is 5.11 Å². The molecule has 0 amide bonds. The number of hydrogen-bond acceptors (Lipinski definition) is 2. The quantitative estimate of drug-likeness (QED) is 0.895. The Balaban J connectivity index is 1.95. The van der Waals surface area contributed by atoms with Crippen molar-refractivity contribution < 1.29 is 5.11 Å². The molecular weight excluding hydrogens is 246 g/mol. The average molecular weight is 265 g/mol. The second-order valence-corrected chi connectivity index (χ2v) is 6.16. The molecule has 0 saturated carbocycles. The minimum absolute atomic E-state index is 0.206. The smallest absolute Gasteiger partial charge is 0.0647 e. The minimum atomic E-state index is 0.206. The summed E-state index contributed by atoms with van der Waals surface area (Å²) in [5.74, 6) is 0.575. The van der Waals surface area contributed by atoms with Crippen LogP contribution in [0.1, 0.15) is 48.8 Å². The fourth-order valence-corrected chi connectivity index (χ4v) is 3.92. The second-order valence-electron chi connectivity index (χ2n) is 6.16. The molecule has 0 fully saturated rings. The molecule has 2 aliphatic carbocycles. The first-order valence-electron chi connectivity index (χ1n) is 7.50. The number of hydrogen-bond donors (Lipinski definition) is 1. The monoisotopic (exact) mass is 265 g/mol. The van der Waals surface area contributed by atoms with Gasteiger partial charge >= 0.3 is 0 Å². The summed E-state index contributed by atoms with van der Waals surface area (Å²) < 4.78 is 0. The van der Waals surface area contributed by atoms with E-state index in [1.165, 1.54) is 45.0 Å². The van der Waals surface area contributed by atoms with Crippen molar-refractivity contribution in [2.75, 3.05) is 6.61 Å². The lowest BCUT2D eigenvalue weighted by atomic mass is 9.96. The topological polar surface area (TPSA) is 33.1 Å². The highest BCUT2D eigenvalue weighted by atomic mass is 16.3. The third-order valence-electron chi connectivity index (χ3n) is 4.89. The van der Waals surface area contributed by atoms with E-state index >= 15 is 0 Å². The maximum absolute atomic E-state index is 9.52. The molecule has 0 saturated heterocycles. The van der Waals surface area contributed by atoms with Crippen LogP contribution in [0, 0.1) is 0 Å². The van der Waals surface area contributed by atoms with Crippen LogP contribution in [0.4, 0.5) is 0 Å². The van der Waals surface area contributed by atoms with Gasteiger partial charge in [0.1, 0.15) is 0 Å². The Morgan fingerprint density at radius 3 is 3.00 bits per heavy atom. The summed E-state index contributed by atoms with van der Waals surface area (Å²) in [6, 6.07) is 4.62. The molecule has 20 heavy (non-hydrogen) atoms. The van der Waals surface area contributed by atoms with Gasteiger partial charge in [0, 0.05) is 17.8 Å². The van der Waals surface area contributed by atoms with Crippen molar-refractivity contribution >= 4 is 16.3 Å². The number of pyridine rings is 1. The van der Waals surface area contributed by atoms with Gasteiger partial charge in [-0.25, -0.2) is 0 Å². The summed E-state index contributed by atoms with van der Waals surface area (Å²) in [5, 5.41) is 12.2. The Morgan fingerprint density at radius 2 is 2.15 bits per heavy atom. The molecule has 0 spiro atoms. The molecule has 2 nitrogen and oxygen atoms in total. The van der Waals surface area contributed by atoms with Crippen LogP contribution in [0.5, 0.6) is 0 Å². The summed E-state index contributed by atoms with van der Waals surface area (Å²) in [4.78, 5) is 4.41. The molecular formula is C18H19NO. The molecule has 1 heterocycles.